The standard InChI is InChI=1S/C58H103NO5/c1-4-7-10-13-16-19-22-25-28-30-31-34-37-40-43-46-49-54(64-58(63)51-48-45-42-39-36-33-29-26-23-20-17-14-11-8-5-2)52-57(62)59-55(53-60)56(61)50-47-44-41-38-35-32-27-24-21-18-15-12-9-6-3/h8,11,14,17,20,22-23,25,28,30-31,34,54-56,60-61H,4-7,9-10,12-13,15-16,18-19,21,24,26-27,29,32-33,35-53H2,1-3H3,(H,59,62)/b11-8+,17-14+,23-20+,25-22+,30-28+,34-31+. The van der Waals surface area contributed by atoms with Crippen molar-refractivity contribution in [2.24, 2.45) is 0 Å². The first-order valence-corrected chi connectivity index (χ1v) is 27.2. The van der Waals surface area contributed by atoms with Gasteiger partial charge >= 0.3 is 5.97 Å². The van der Waals surface area contributed by atoms with Gasteiger partial charge in [0.05, 0.1) is 25.2 Å². The number of ether oxygens (including phenoxy) is 1. The van der Waals surface area contributed by atoms with Crippen molar-refractivity contribution in [1.82, 2.24) is 5.32 Å². The molecule has 370 valence electrons. The Balaban J connectivity index is 4.67. The third-order valence-corrected chi connectivity index (χ3v) is 12.1. The van der Waals surface area contributed by atoms with Crippen LogP contribution in [0.4, 0.5) is 0 Å². The van der Waals surface area contributed by atoms with Crippen LogP contribution in [0.25, 0.3) is 0 Å². The zero-order valence-corrected chi connectivity index (χ0v) is 42.1. The molecule has 1 amide bonds. The number of hydrogen-bond donors (Lipinski definition) is 3. The molecular weight excluding hydrogens is 791 g/mol. The molecule has 0 aromatic rings. The van der Waals surface area contributed by atoms with Crippen molar-refractivity contribution in [2.45, 2.75) is 277 Å². The number of carbonyl (C=O) groups excluding carboxylic acids is 2. The lowest BCUT2D eigenvalue weighted by atomic mass is 10.0. The van der Waals surface area contributed by atoms with E-state index in [0.717, 1.165) is 83.5 Å². The molecule has 0 radical (unpaired) electrons. The van der Waals surface area contributed by atoms with Crippen LogP contribution in [0.3, 0.4) is 0 Å². The number of rotatable bonds is 48. The van der Waals surface area contributed by atoms with Crippen LogP contribution >= 0.6 is 0 Å². The summed E-state index contributed by atoms with van der Waals surface area (Å²) in [5, 5.41) is 23.8. The Morgan fingerprint density at radius 1 is 0.469 bits per heavy atom. The second-order valence-electron chi connectivity index (χ2n) is 18.4. The van der Waals surface area contributed by atoms with Crippen molar-refractivity contribution in [3.8, 4) is 0 Å². The quantitative estimate of drug-likeness (QED) is 0.0321. The van der Waals surface area contributed by atoms with E-state index in [4.69, 9.17) is 4.74 Å². The van der Waals surface area contributed by atoms with E-state index in [9.17, 15) is 19.8 Å². The molecule has 0 bridgehead atoms. The van der Waals surface area contributed by atoms with Crippen LogP contribution in [0, 0.1) is 0 Å². The van der Waals surface area contributed by atoms with Crippen LogP contribution in [-0.2, 0) is 14.3 Å². The van der Waals surface area contributed by atoms with Crippen LogP contribution in [0.1, 0.15) is 258 Å². The Hall–Kier alpha value is -2.70. The van der Waals surface area contributed by atoms with Crippen molar-refractivity contribution in [3.63, 3.8) is 0 Å². The van der Waals surface area contributed by atoms with Gasteiger partial charge < -0.3 is 20.3 Å². The summed E-state index contributed by atoms with van der Waals surface area (Å²) in [5.41, 5.74) is 0. The zero-order chi connectivity index (χ0) is 46.7. The van der Waals surface area contributed by atoms with Gasteiger partial charge in [-0.3, -0.25) is 9.59 Å². The Morgan fingerprint density at radius 3 is 1.28 bits per heavy atom. The highest BCUT2D eigenvalue weighted by atomic mass is 16.5. The predicted octanol–water partition coefficient (Wildman–Crippen LogP) is 16.6. The van der Waals surface area contributed by atoms with E-state index in [2.05, 4.69) is 99.0 Å². The van der Waals surface area contributed by atoms with Crippen LogP contribution in [0.2, 0.25) is 0 Å². The van der Waals surface area contributed by atoms with Crippen LogP contribution in [0.15, 0.2) is 72.9 Å². The second-order valence-corrected chi connectivity index (χ2v) is 18.4. The van der Waals surface area contributed by atoms with E-state index in [0.29, 0.717) is 19.3 Å². The minimum absolute atomic E-state index is 0.0478. The summed E-state index contributed by atoms with van der Waals surface area (Å²) in [6, 6.07) is -0.718. The Bertz CT molecular complexity index is 1190. The smallest absolute Gasteiger partial charge is 0.306 e. The summed E-state index contributed by atoms with van der Waals surface area (Å²) in [7, 11) is 0. The van der Waals surface area contributed by atoms with Gasteiger partial charge in [0.2, 0.25) is 5.91 Å². The number of esters is 1. The molecule has 64 heavy (non-hydrogen) atoms. The third-order valence-electron chi connectivity index (χ3n) is 12.1. The Labute approximate surface area is 396 Å². The molecule has 0 saturated carbocycles. The van der Waals surface area contributed by atoms with Crippen LogP contribution in [-0.4, -0.2) is 46.9 Å². The molecule has 6 heteroatoms. The van der Waals surface area contributed by atoms with Gasteiger partial charge in [-0.05, 0) is 70.6 Å². The van der Waals surface area contributed by atoms with Crippen molar-refractivity contribution in [3.05, 3.63) is 72.9 Å². The zero-order valence-electron chi connectivity index (χ0n) is 42.1. The van der Waals surface area contributed by atoms with Gasteiger partial charge in [-0.2, -0.15) is 0 Å². The van der Waals surface area contributed by atoms with E-state index in [1.807, 2.05) is 0 Å². The van der Waals surface area contributed by atoms with E-state index < -0.39 is 18.2 Å². The number of carbonyl (C=O) groups is 2. The van der Waals surface area contributed by atoms with Crippen LogP contribution in [0.5, 0.6) is 0 Å². The minimum atomic E-state index is -0.802. The third kappa shape index (κ3) is 45.9. The summed E-state index contributed by atoms with van der Waals surface area (Å²) in [6.07, 6.45) is 65.3. The average Bonchev–Trinajstić information content (AvgIpc) is 3.29. The largest absolute Gasteiger partial charge is 0.462 e. The fourth-order valence-corrected chi connectivity index (χ4v) is 8.02. The molecule has 3 N–H and O–H groups in total. The molecule has 0 spiro atoms. The molecule has 0 saturated heterocycles. The van der Waals surface area contributed by atoms with Gasteiger partial charge in [0.15, 0.2) is 0 Å². The van der Waals surface area contributed by atoms with Crippen molar-refractivity contribution in [2.75, 3.05) is 6.61 Å². The van der Waals surface area contributed by atoms with Crippen molar-refractivity contribution < 1.29 is 24.5 Å². The van der Waals surface area contributed by atoms with E-state index in [1.165, 1.54) is 128 Å². The highest BCUT2D eigenvalue weighted by molar-refractivity contribution is 5.77. The molecule has 0 aliphatic rings. The maximum Gasteiger partial charge on any atom is 0.306 e. The number of aliphatic hydroxyl groups excluding tert-OH is 2. The summed E-state index contributed by atoms with van der Waals surface area (Å²) < 4.78 is 5.93. The number of unbranched alkanes of at least 4 members (excludes halogenated alkanes) is 28. The molecular formula is C58H103NO5. The molecule has 3 atom stereocenters. The van der Waals surface area contributed by atoms with Crippen LogP contribution < -0.4 is 5.32 Å². The lowest BCUT2D eigenvalue weighted by Crippen LogP contribution is -2.46. The monoisotopic (exact) mass is 894 g/mol. The summed E-state index contributed by atoms with van der Waals surface area (Å²) in [6.45, 7) is 6.34. The number of amides is 1. The second kappa shape index (κ2) is 51.3. The number of nitrogens with one attached hydrogen (secondary N) is 1. The normalized spacial score (nSPS) is 13.8. The summed E-state index contributed by atoms with van der Waals surface area (Å²) in [4.78, 5) is 26.2. The molecule has 0 fully saturated rings. The molecule has 3 unspecified atom stereocenters. The van der Waals surface area contributed by atoms with Crippen molar-refractivity contribution >= 4 is 11.9 Å². The highest BCUT2D eigenvalue weighted by Gasteiger charge is 2.24. The van der Waals surface area contributed by atoms with Gasteiger partial charge in [-0.1, -0.05) is 248 Å². The van der Waals surface area contributed by atoms with Gasteiger partial charge in [0.1, 0.15) is 6.10 Å². The van der Waals surface area contributed by atoms with Gasteiger partial charge in [-0.15, -0.1) is 0 Å². The molecule has 0 aromatic heterocycles. The van der Waals surface area contributed by atoms with Crippen molar-refractivity contribution in [1.29, 1.82) is 0 Å². The SMILES string of the molecule is CC/C=C/C=C/C=C/CCCCCCCCCC(=O)OC(CCCCC/C=C/C=C/C=C/CCCCCCC)CC(=O)NC(CO)C(O)CCCCCCCCCCCCCCCC. The van der Waals surface area contributed by atoms with E-state index >= 15 is 0 Å². The maximum absolute atomic E-state index is 13.2. The Kier molecular flexibility index (Phi) is 49.1. The maximum atomic E-state index is 13.2. The lowest BCUT2D eigenvalue weighted by Gasteiger charge is -2.24. The average molecular weight is 894 g/mol. The van der Waals surface area contributed by atoms with E-state index in [1.54, 1.807) is 0 Å². The first-order valence-electron chi connectivity index (χ1n) is 27.2. The first kappa shape index (κ1) is 61.3. The fourth-order valence-electron chi connectivity index (χ4n) is 8.02. The first-order chi connectivity index (χ1) is 31.5. The summed E-state index contributed by atoms with van der Waals surface area (Å²) >= 11 is 0. The molecule has 0 rings (SSSR count). The number of aliphatic hydroxyl groups is 2. The highest BCUT2D eigenvalue weighted by Crippen LogP contribution is 2.18. The summed E-state index contributed by atoms with van der Waals surface area (Å²) in [5.74, 6) is -0.520. The van der Waals surface area contributed by atoms with E-state index in [-0.39, 0.29) is 24.9 Å². The Morgan fingerprint density at radius 2 is 0.844 bits per heavy atom. The fraction of sp³-hybridized carbons (Fsp3) is 0.759. The molecule has 0 aliphatic heterocycles. The number of hydrogen-bond acceptors (Lipinski definition) is 5. The van der Waals surface area contributed by atoms with Gasteiger partial charge in [0, 0.05) is 6.42 Å². The minimum Gasteiger partial charge on any atom is -0.462 e. The van der Waals surface area contributed by atoms with Gasteiger partial charge in [-0.25, -0.2) is 0 Å². The molecule has 0 aromatic carbocycles. The molecule has 0 heterocycles. The van der Waals surface area contributed by atoms with Gasteiger partial charge in [0.25, 0.3) is 0 Å². The topological polar surface area (TPSA) is 95.9 Å². The predicted molar refractivity (Wildman–Crippen MR) is 278 cm³/mol. The number of allylic oxidation sites excluding steroid dienone is 12. The molecule has 6 nitrogen and oxygen atoms in total. The lowest BCUT2D eigenvalue weighted by molar-refractivity contribution is -0.151. The molecule has 0 aliphatic carbocycles.